The van der Waals surface area contributed by atoms with Crippen molar-refractivity contribution >= 4 is 33.2 Å². The van der Waals surface area contributed by atoms with E-state index in [9.17, 15) is 21.6 Å². The van der Waals surface area contributed by atoms with Crippen molar-refractivity contribution in [2.24, 2.45) is 0 Å². The number of aromatic nitrogens is 2. The van der Waals surface area contributed by atoms with Crippen molar-refractivity contribution in [2.45, 2.75) is 11.1 Å². The molecule has 2 aromatic carbocycles. The van der Waals surface area contributed by atoms with Gasteiger partial charge in [-0.25, -0.2) is 0 Å². The molecule has 0 spiro atoms. The number of hydrogen-bond acceptors (Lipinski definition) is 4. The van der Waals surface area contributed by atoms with Gasteiger partial charge in [-0.15, -0.1) is 5.10 Å². The predicted octanol–water partition coefficient (Wildman–Crippen LogP) is 4.82. The van der Waals surface area contributed by atoms with Gasteiger partial charge >= 0.3 is 6.18 Å². The summed E-state index contributed by atoms with van der Waals surface area (Å²) in [5.41, 5.74) is -1.42. The smallest absolute Gasteiger partial charge is 0.435 e. The highest BCUT2D eigenvalue weighted by Gasteiger charge is 2.36. The lowest BCUT2D eigenvalue weighted by atomic mass is 10.1. The number of alkyl halides is 3. The summed E-state index contributed by atoms with van der Waals surface area (Å²) in [7, 11) is -2.89. The van der Waals surface area contributed by atoms with E-state index in [-0.39, 0.29) is 31.9 Å². The Labute approximate surface area is 173 Å². The fourth-order valence-electron chi connectivity index (χ4n) is 2.46. The van der Waals surface area contributed by atoms with E-state index in [1.165, 1.54) is 43.5 Å². The molecule has 12 heteroatoms. The van der Waals surface area contributed by atoms with Gasteiger partial charge in [0.25, 0.3) is 10.0 Å². The van der Waals surface area contributed by atoms with Crippen molar-refractivity contribution in [2.75, 3.05) is 11.9 Å². The SMILES string of the molecule is COc1c(Cl)cc(-c2cc(C(F)(F)F)nn2NS(=O)(=O)c2ccccc2)cc1Cl. The zero-order valence-electron chi connectivity index (χ0n) is 14.5. The summed E-state index contributed by atoms with van der Waals surface area (Å²) in [6.07, 6.45) is -4.81. The molecule has 1 heterocycles. The fourth-order valence-corrected chi connectivity index (χ4v) is 4.09. The molecule has 0 fully saturated rings. The molecular weight excluding hydrogens is 454 g/mol. The summed E-state index contributed by atoms with van der Waals surface area (Å²) in [5, 5.41) is 3.41. The van der Waals surface area contributed by atoms with Crippen LogP contribution in [-0.4, -0.2) is 25.4 Å². The minimum absolute atomic E-state index is 0.0298. The van der Waals surface area contributed by atoms with Crippen LogP contribution >= 0.6 is 23.2 Å². The number of benzene rings is 2. The summed E-state index contributed by atoms with van der Waals surface area (Å²) in [4.78, 5) is 2.38. The van der Waals surface area contributed by atoms with Gasteiger partial charge in [0, 0.05) is 5.56 Å². The van der Waals surface area contributed by atoms with Gasteiger partial charge in [0.05, 0.1) is 27.7 Å². The summed E-state index contributed by atoms with van der Waals surface area (Å²) >= 11 is 12.1. The summed E-state index contributed by atoms with van der Waals surface area (Å²) in [6, 6.07) is 10.4. The van der Waals surface area contributed by atoms with Crippen LogP contribution < -0.4 is 9.57 Å². The Morgan fingerprint density at radius 1 is 1.07 bits per heavy atom. The van der Waals surface area contributed by atoms with Crippen molar-refractivity contribution < 1.29 is 26.3 Å². The molecule has 0 aliphatic carbocycles. The number of methoxy groups -OCH3 is 1. The van der Waals surface area contributed by atoms with Crippen LogP contribution in [0.4, 0.5) is 13.2 Å². The maximum absolute atomic E-state index is 13.2. The Balaban J connectivity index is 2.14. The average molecular weight is 466 g/mol. The highest BCUT2D eigenvalue weighted by molar-refractivity contribution is 7.92. The van der Waals surface area contributed by atoms with Crippen molar-refractivity contribution in [3.05, 3.63) is 64.3 Å². The molecule has 0 aliphatic heterocycles. The molecule has 0 aliphatic rings. The fraction of sp³-hybridized carbons (Fsp3) is 0.118. The van der Waals surface area contributed by atoms with Gasteiger partial charge in [-0.3, -0.25) is 0 Å². The number of nitrogens with one attached hydrogen (secondary N) is 1. The van der Waals surface area contributed by atoms with Crippen LogP contribution in [-0.2, 0) is 16.2 Å². The van der Waals surface area contributed by atoms with Crippen LogP contribution in [0.3, 0.4) is 0 Å². The largest absolute Gasteiger partial charge is 0.494 e. The molecule has 0 radical (unpaired) electrons. The lowest BCUT2D eigenvalue weighted by Crippen LogP contribution is -2.25. The lowest BCUT2D eigenvalue weighted by Gasteiger charge is -2.13. The topological polar surface area (TPSA) is 73.2 Å². The minimum Gasteiger partial charge on any atom is -0.494 e. The van der Waals surface area contributed by atoms with Gasteiger partial charge in [0.15, 0.2) is 11.4 Å². The summed E-state index contributed by atoms with van der Waals surface area (Å²) in [5.74, 6) is 0.129. The molecule has 3 rings (SSSR count). The molecule has 29 heavy (non-hydrogen) atoms. The number of hydrogen-bond donors (Lipinski definition) is 1. The predicted molar refractivity (Wildman–Crippen MR) is 102 cm³/mol. The minimum atomic E-state index is -4.81. The Hall–Kier alpha value is -2.43. The highest BCUT2D eigenvalue weighted by Crippen LogP contribution is 2.38. The number of nitrogens with zero attached hydrogens (tertiary/aromatic N) is 2. The van der Waals surface area contributed by atoms with E-state index in [2.05, 4.69) is 5.10 Å². The number of rotatable bonds is 5. The molecule has 3 aromatic rings. The van der Waals surface area contributed by atoms with E-state index in [1.54, 1.807) is 6.07 Å². The van der Waals surface area contributed by atoms with Gasteiger partial charge in [-0.05, 0) is 30.3 Å². The third kappa shape index (κ3) is 4.44. The summed E-state index contributed by atoms with van der Waals surface area (Å²) < 4.78 is 69.7. The molecule has 154 valence electrons. The zero-order chi connectivity index (χ0) is 21.4. The molecule has 0 saturated heterocycles. The molecular formula is C17H12Cl2F3N3O3S. The van der Waals surface area contributed by atoms with Gasteiger partial charge in [0.1, 0.15) is 0 Å². The zero-order valence-corrected chi connectivity index (χ0v) is 16.9. The third-order valence-electron chi connectivity index (χ3n) is 3.76. The normalized spacial score (nSPS) is 12.1. The number of halogens is 5. The van der Waals surface area contributed by atoms with Crippen molar-refractivity contribution in [3.63, 3.8) is 0 Å². The first-order valence-electron chi connectivity index (χ1n) is 7.81. The maximum atomic E-state index is 13.2. The molecule has 0 unspecified atom stereocenters. The van der Waals surface area contributed by atoms with Crippen LogP contribution in [0.1, 0.15) is 5.69 Å². The Morgan fingerprint density at radius 2 is 1.66 bits per heavy atom. The van der Waals surface area contributed by atoms with Crippen molar-refractivity contribution in [1.29, 1.82) is 0 Å². The first-order chi connectivity index (χ1) is 13.5. The van der Waals surface area contributed by atoms with E-state index < -0.39 is 21.9 Å². The highest BCUT2D eigenvalue weighted by atomic mass is 35.5. The number of ether oxygens (including phenoxy) is 1. The van der Waals surface area contributed by atoms with E-state index >= 15 is 0 Å². The first kappa shape index (κ1) is 21.3. The van der Waals surface area contributed by atoms with Crippen molar-refractivity contribution in [3.8, 4) is 17.0 Å². The lowest BCUT2D eigenvalue weighted by molar-refractivity contribution is -0.141. The van der Waals surface area contributed by atoms with Crippen LogP contribution in [0.2, 0.25) is 10.0 Å². The molecule has 6 nitrogen and oxygen atoms in total. The third-order valence-corrected chi connectivity index (χ3v) is 5.63. The monoisotopic (exact) mass is 465 g/mol. The van der Waals surface area contributed by atoms with E-state index in [1.807, 2.05) is 4.83 Å². The molecule has 0 atom stereocenters. The quantitative estimate of drug-likeness (QED) is 0.586. The molecule has 1 aromatic heterocycles. The average Bonchev–Trinajstić information content (AvgIpc) is 3.06. The van der Waals surface area contributed by atoms with Gasteiger partial charge in [-0.2, -0.15) is 31.2 Å². The van der Waals surface area contributed by atoms with Gasteiger partial charge in [0.2, 0.25) is 0 Å². The molecule has 0 amide bonds. The maximum Gasteiger partial charge on any atom is 0.435 e. The van der Waals surface area contributed by atoms with Crippen LogP contribution in [0.25, 0.3) is 11.3 Å². The van der Waals surface area contributed by atoms with Crippen molar-refractivity contribution in [1.82, 2.24) is 9.89 Å². The Kier molecular flexibility index (Phi) is 5.70. The van der Waals surface area contributed by atoms with Crippen LogP contribution in [0.5, 0.6) is 5.75 Å². The Bertz CT molecular complexity index is 1130. The molecule has 1 N–H and O–H groups in total. The van der Waals surface area contributed by atoms with Crippen LogP contribution in [0, 0.1) is 0 Å². The Morgan fingerprint density at radius 3 is 2.17 bits per heavy atom. The number of sulfonamides is 1. The van der Waals surface area contributed by atoms with E-state index in [0.717, 1.165) is 0 Å². The molecule has 0 bridgehead atoms. The molecule has 0 saturated carbocycles. The standard InChI is InChI=1S/C17H12Cl2F3N3O3S/c1-28-16-12(18)7-10(8-13(16)19)14-9-15(17(20,21)22)23-25(14)24-29(26,27)11-5-3-2-4-6-11/h2-9,24H,1H3. The first-order valence-corrected chi connectivity index (χ1v) is 10.1. The second-order valence-electron chi connectivity index (χ2n) is 5.71. The summed E-state index contributed by atoms with van der Waals surface area (Å²) in [6.45, 7) is 0. The van der Waals surface area contributed by atoms with E-state index in [0.29, 0.717) is 10.9 Å². The van der Waals surface area contributed by atoms with E-state index in [4.69, 9.17) is 27.9 Å². The second-order valence-corrected chi connectivity index (χ2v) is 8.18. The van der Waals surface area contributed by atoms with Gasteiger partial charge in [-0.1, -0.05) is 41.4 Å². The van der Waals surface area contributed by atoms with Gasteiger partial charge < -0.3 is 4.74 Å². The van der Waals surface area contributed by atoms with Crippen LogP contribution in [0.15, 0.2) is 53.4 Å². The second kappa shape index (κ2) is 7.77.